The largest absolute Gasteiger partial charge is 0.495 e. The van der Waals surface area contributed by atoms with Crippen LogP contribution in [0, 0.1) is 0 Å². The highest BCUT2D eigenvalue weighted by atomic mass is 79.9. The second kappa shape index (κ2) is 6.77. The number of methoxy groups -OCH3 is 1. The number of ether oxygens (including phenoxy) is 1. The summed E-state index contributed by atoms with van der Waals surface area (Å²) in [5, 5.41) is 3.39. The van der Waals surface area contributed by atoms with Crippen LogP contribution in [0.15, 0.2) is 49.8 Å². The van der Waals surface area contributed by atoms with Crippen molar-refractivity contribution in [2.24, 2.45) is 0 Å². The zero-order valence-electron chi connectivity index (χ0n) is 10.2. The van der Waals surface area contributed by atoms with E-state index in [4.69, 9.17) is 4.74 Å². The van der Waals surface area contributed by atoms with Crippen molar-refractivity contribution in [1.82, 2.24) is 0 Å². The van der Waals surface area contributed by atoms with Gasteiger partial charge in [0.05, 0.1) is 17.3 Å². The second-order valence-corrected chi connectivity index (χ2v) is 6.57. The van der Waals surface area contributed by atoms with Crippen molar-refractivity contribution in [2.45, 2.75) is 6.54 Å². The minimum Gasteiger partial charge on any atom is -0.495 e. The Bertz CT molecular complexity index is 570. The van der Waals surface area contributed by atoms with Gasteiger partial charge in [0, 0.05) is 21.6 Å². The molecule has 2 rings (SSSR count). The lowest BCUT2D eigenvalue weighted by atomic mass is 10.2. The van der Waals surface area contributed by atoms with Crippen LogP contribution in [0.5, 0.6) is 5.75 Å². The Labute approximate surface area is 137 Å². The second-order valence-electron chi connectivity index (χ2n) is 3.95. The maximum atomic E-state index is 5.29. The van der Waals surface area contributed by atoms with Crippen LogP contribution in [0.1, 0.15) is 5.56 Å². The molecule has 0 aliphatic carbocycles. The average Bonchev–Trinajstić information content (AvgIpc) is 2.40. The lowest BCUT2D eigenvalue weighted by Crippen LogP contribution is -2.00. The number of rotatable bonds is 4. The minimum absolute atomic E-state index is 0.761. The highest BCUT2D eigenvalue weighted by Crippen LogP contribution is 2.34. The number of anilines is 1. The van der Waals surface area contributed by atoms with Crippen molar-refractivity contribution in [3.63, 3.8) is 0 Å². The van der Waals surface area contributed by atoms with Crippen LogP contribution in [0.3, 0.4) is 0 Å². The van der Waals surface area contributed by atoms with E-state index in [9.17, 15) is 0 Å². The van der Waals surface area contributed by atoms with Crippen LogP contribution in [-0.2, 0) is 6.54 Å². The van der Waals surface area contributed by atoms with Crippen molar-refractivity contribution in [3.8, 4) is 5.75 Å². The summed E-state index contributed by atoms with van der Waals surface area (Å²) in [6.45, 7) is 0.761. The first-order valence-electron chi connectivity index (χ1n) is 5.61. The van der Waals surface area contributed by atoms with Crippen molar-refractivity contribution in [3.05, 3.63) is 55.4 Å². The number of hydrogen-bond donors (Lipinski definition) is 1. The number of benzene rings is 2. The van der Waals surface area contributed by atoms with Crippen molar-refractivity contribution >= 4 is 53.5 Å². The molecular formula is C14H12Br3NO. The lowest BCUT2D eigenvalue weighted by molar-refractivity contribution is 0.412. The fourth-order valence-corrected chi connectivity index (χ4v) is 3.18. The van der Waals surface area contributed by atoms with E-state index in [0.717, 1.165) is 31.4 Å². The first-order chi connectivity index (χ1) is 9.10. The number of nitrogens with one attached hydrogen (secondary N) is 1. The van der Waals surface area contributed by atoms with E-state index in [0.29, 0.717) is 0 Å². The van der Waals surface area contributed by atoms with E-state index in [1.165, 1.54) is 5.56 Å². The summed E-state index contributed by atoms with van der Waals surface area (Å²) in [7, 11) is 1.66. The number of hydrogen-bond acceptors (Lipinski definition) is 2. The van der Waals surface area contributed by atoms with Crippen LogP contribution in [0.2, 0.25) is 0 Å². The zero-order chi connectivity index (χ0) is 13.8. The molecule has 0 amide bonds. The van der Waals surface area contributed by atoms with E-state index in [1.807, 2.05) is 24.3 Å². The summed E-state index contributed by atoms with van der Waals surface area (Å²) in [4.78, 5) is 0. The summed E-state index contributed by atoms with van der Waals surface area (Å²) in [6, 6.07) is 12.2. The Balaban J connectivity index is 2.13. The topological polar surface area (TPSA) is 21.3 Å². The number of halogens is 3. The van der Waals surface area contributed by atoms with Crippen LogP contribution in [-0.4, -0.2) is 7.11 Å². The van der Waals surface area contributed by atoms with E-state index < -0.39 is 0 Å². The molecule has 100 valence electrons. The molecule has 5 heteroatoms. The normalized spacial score (nSPS) is 10.3. The van der Waals surface area contributed by atoms with Gasteiger partial charge in [0.15, 0.2) is 0 Å². The van der Waals surface area contributed by atoms with E-state index in [2.05, 4.69) is 65.2 Å². The Kier molecular flexibility index (Phi) is 5.30. The molecule has 0 unspecified atom stereocenters. The summed E-state index contributed by atoms with van der Waals surface area (Å²) in [5.74, 6) is 0.807. The summed E-state index contributed by atoms with van der Waals surface area (Å²) in [5.41, 5.74) is 2.22. The lowest BCUT2D eigenvalue weighted by Gasteiger charge is -2.12. The standard InChI is InChI=1S/C14H12Br3NO/c1-19-14-7-13(11(16)6-12(14)17)18-8-9-2-4-10(15)5-3-9/h2-7,18H,8H2,1H3. The molecule has 0 saturated carbocycles. The molecular weight excluding hydrogens is 438 g/mol. The molecule has 2 aromatic carbocycles. The fourth-order valence-electron chi connectivity index (χ4n) is 1.62. The molecule has 19 heavy (non-hydrogen) atoms. The van der Waals surface area contributed by atoms with Gasteiger partial charge >= 0.3 is 0 Å². The molecule has 0 atom stereocenters. The third-order valence-electron chi connectivity index (χ3n) is 2.64. The van der Waals surface area contributed by atoms with E-state index in [-0.39, 0.29) is 0 Å². The fraction of sp³-hybridized carbons (Fsp3) is 0.143. The Morgan fingerprint density at radius 2 is 1.68 bits per heavy atom. The quantitative estimate of drug-likeness (QED) is 0.656. The molecule has 0 fully saturated rings. The maximum Gasteiger partial charge on any atom is 0.135 e. The molecule has 2 nitrogen and oxygen atoms in total. The maximum absolute atomic E-state index is 5.29. The monoisotopic (exact) mass is 447 g/mol. The molecule has 0 saturated heterocycles. The van der Waals surface area contributed by atoms with Gasteiger partial charge in [-0.3, -0.25) is 0 Å². The highest BCUT2D eigenvalue weighted by molar-refractivity contribution is 9.11. The van der Waals surface area contributed by atoms with Crippen LogP contribution in [0.4, 0.5) is 5.69 Å². The van der Waals surface area contributed by atoms with Gasteiger partial charge in [-0.15, -0.1) is 0 Å². The zero-order valence-corrected chi connectivity index (χ0v) is 15.0. The van der Waals surface area contributed by atoms with E-state index >= 15 is 0 Å². The summed E-state index contributed by atoms with van der Waals surface area (Å²) < 4.78 is 8.30. The molecule has 0 aliphatic heterocycles. The highest BCUT2D eigenvalue weighted by Gasteiger charge is 2.06. The SMILES string of the molecule is COc1cc(NCc2ccc(Br)cc2)c(Br)cc1Br. The smallest absolute Gasteiger partial charge is 0.135 e. The van der Waals surface area contributed by atoms with Crippen molar-refractivity contribution < 1.29 is 4.74 Å². The van der Waals surface area contributed by atoms with Crippen LogP contribution >= 0.6 is 47.8 Å². The van der Waals surface area contributed by atoms with Gasteiger partial charge in [-0.05, 0) is 55.6 Å². The summed E-state index contributed by atoms with van der Waals surface area (Å²) in [6.07, 6.45) is 0. The van der Waals surface area contributed by atoms with Gasteiger partial charge in [0.1, 0.15) is 5.75 Å². The predicted molar refractivity (Wildman–Crippen MR) is 89.9 cm³/mol. The molecule has 0 aromatic heterocycles. The summed E-state index contributed by atoms with van der Waals surface area (Å²) >= 11 is 10.4. The molecule has 0 heterocycles. The van der Waals surface area contributed by atoms with Crippen LogP contribution < -0.4 is 10.1 Å². The molecule has 1 N–H and O–H groups in total. The Morgan fingerprint density at radius 3 is 2.32 bits per heavy atom. The van der Waals surface area contributed by atoms with Crippen molar-refractivity contribution in [1.29, 1.82) is 0 Å². The molecule has 0 spiro atoms. The van der Waals surface area contributed by atoms with Gasteiger partial charge in [-0.1, -0.05) is 28.1 Å². The molecule has 0 aliphatic rings. The van der Waals surface area contributed by atoms with Gasteiger partial charge < -0.3 is 10.1 Å². The Morgan fingerprint density at radius 1 is 1.00 bits per heavy atom. The van der Waals surface area contributed by atoms with Crippen molar-refractivity contribution in [2.75, 3.05) is 12.4 Å². The molecule has 2 aromatic rings. The van der Waals surface area contributed by atoms with E-state index in [1.54, 1.807) is 7.11 Å². The molecule has 0 bridgehead atoms. The average molecular weight is 450 g/mol. The van der Waals surface area contributed by atoms with Gasteiger partial charge in [0.25, 0.3) is 0 Å². The molecule has 0 radical (unpaired) electrons. The van der Waals surface area contributed by atoms with Gasteiger partial charge in [-0.25, -0.2) is 0 Å². The predicted octanol–water partition coefficient (Wildman–Crippen LogP) is 5.59. The third-order valence-corrected chi connectivity index (χ3v) is 4.44. The first-order valence-corrected chi connectivity index (χ1v) is 7.99. The van der Waals surface area contributed by atoms with Gasteiger partial charge in [-0.2, -0.15) is 0 Å². The van der Waals surface area contributed by atoms with Crippen LogP contribution in [0.25, 0.3) is 0 Å². The third kappa shape index (κ3) is 3.97. The first kappa shape index (κ1) is 14.9. The Hall–Kier alpha value is -0.520. The van der Waals surface area contributed by atoms with Gasteiger partial charge in [0.2, 0.25) is 0 Å². The minimum atomic E-state index is 0.761.